The lowest BCUT2D eigenvalue weighted by atomic mass is 9.97. The van der Waals surface area contributed by atoms with E-state index in [0.717, 1.165) is 51.9 Å². The topological polar surface area (TPSA) is 48.1 Å². The van der Waals surface area contributed by atoms with Crippen molar-refractivity contribution < 1.29 is 13.9 Å². The van der Waals surface area contributed by atoms with Crippen molar-refractivity contribution in [1.29, 1.82) is 0 Å². The van der Waals surface area contributed by atoms with Gasteiger partial charge in [-0.1, -0.05) is 0 Å². The molecule has 0 spiro atoms. The maximum absolute atomic E-state index is 15.0. The summed E-state index contributed by atoms with van der Waals surface area (Å²) in [5, 5.41) is 3.38. The second kappa shape index (κ2) is 9.76. The van der Waals surface area contributed by atoms with Crippen LogP contribution < -0.4 is 15.1 Å². The van der Waals surface area contributed by atoms with Crippen molar-refractivity contribution in [3.05, 3.63) is 24.0 Å². The molecule has 3 saturated heterocycles. The monoisotopic (exact) mass is 404 g/mol. The number of benzene rings is 1. The highest BCUT2D eigenvalue weighted by Gasteiger charge is 2.28. The van der Waals surface area contributed by atoms with Crippen molar-refractivity contribution in [1.82, 2.24) is 10.2 Å². The molecule has 7 heteroatoms. The fraction of sp³-hybridized carbons (Fsp3) is 0.682. The molecule has 0 unspecified atom stereocenters. The van der Waals surface area contributed by atoms with E-state index >= 15 is 4.39 Å². The van der Waals surface area contributed by atoms with Gasteiger partial charge in [0.1, 0.15) is 5.82 Å². The third kappa shape index (κ3) is 5.01. The molecule has 3 aliphatic heterocycles. The number of halogens is 1. The van der Waals surface area contributed by atoms with Crippen LogP contribution in [0.2, 0.25) is 0 Å². The zero-order valence-electron chi connectivity index (χ0n) is 17.2. The first-order valence-corrected chi connectivity index (χ1v) is 11.1. The van der Waals surface area contributed by atoms with E-state index in [2.05, 4.69) is 5.32 Å². The molecule has 4 rings (SSSR count). The maximum atomic E-state index is 15.0. The molecule has 1 aromatic rings. The zero-order valence-corrected chi connectivity index (χ0v) is 17.2. The summed E-state index contributed by atoms with van der Waals surface area (Å²) in [5.41, 5.74) is 1.28. The number of urea groups is 1. The van der Waals surface area contributed by atoms with Gasteiger partial charge in [0.15, 0.2) is 0 Å². The van der Waals surface area contributed by atoms with Crippen LogP contribution in [0.4, 0.5) is 20.6 Å². The summed E-state index contributed by atoms with van der Waals surface area (Å²) in [6.07, 6.45) is 5.39. The van der Waals surface area contributed by atoms with Crippen molar-refractivity contribution in [3.63, 3.8) is 0 Å². The third-order valence-corrected chi connectivity index (χ3v) is 6.35. The lowest BCUT2D eigenvalue weighted by Crippen LogP contribution is -2.48. The molecular weight excluding hydrogens is 371 g/mol. The Labute approximate surface area is 173 Å². The zero-order chi connectivity index (χ0) is 20.1. The average Bonchev–Trinajstić information content (AvgIpc) is 2.79. The summed E-state index contributed by atoms with van der Waals surface area (Å²) in [5.74, 6) is 0.193. The summed E-state index contributed by atoms with van der Waals surface area (Å²) >= 11 is 0. The Morgan fingerprint density at radius 3 is 2.52 bits per heavy atom. The SMILES string of the molecule is O=C(N1CCCCC1)N(CC1CCNCC1)c1ccc(N2CCOCC2)c(F)c1. The fourth-order valence-corrected chi connectivity index (χ4v) is 4.60. The highest BCUT2D eigenvalue weighted by Crippen LogP contribution is 2.28. The molecule has 3 aliphatic rings. The minimum atomic E-state index is -0.258. The Bertz CT molecular complexity index is 683. The fourth-order valence-electron chi connectivity index (χ4n) is 4.60. The van der Waals surface area contributed by atoms with Gasteiger partial charge in [-0.15, -0.1) is 0 Å². The molecule has 0 aromatic heterocycles. The molecule has 29 heavy (non-hydrogen) atoms. The predicted molar refractivity (Wildman–Crippen MR) is 113 cm³/mol. The maximum Gasteiger partial charge on any atom is 0.324 e. The van der Waals surface area contributed by atoms with E-state index in [0.29, 0.717) is 50.1 Å². The Morgan fingerprint density at radius 1 is 1.10 bits per heavy atom. The number of ether oxygens (including phenoxy) is 1. The minimum absolute atomic E-state index is 0.0294. The number of carbonyl (C=O) groups is 1. The number of piperidine rings is 2. The van der Waals surface area contributed by atoms with Crippen LogP contribution in [0.15, 0.2) is 18.2 Å². The smallest absolute Gasteiger partial charge is 0.324 e. The molecule has 1 aromatic carbocycles. The highest BCUT2D eigenvalue weighted by molar-refractivity contribution is 5.92. The number of hydrogen-bond acceptors (Lipinski definition) is 4. The highest BCUT2D eigenvalue weighted by atomic mass is 19.1. The van der Waals surface area contributed by atoms with Gasteiger partial charge in [-0.25, -0.2) is 9.18 Å². The summed E-state index contributed by atoms with van der Waals surface area (Å²) in [7, 11) is 0. The minimum Gasteiger partial charge on any atom is -0.378 e. The summed E-state index contributed by atoms with van der Waals surface area (Å²) in [4.78, 5) is 19.1. The third-order valence-electron chi connectivity index (χ3n) is 6.35. The number of morpholine rings is 1. The number of amides is 2. The number of carbonyl (C=O) groups excluding carboxylic acids is 1. The van der Waals surface area contributed by atoms with Crippen LogP contribution in [0, 0.1) is 11.7 Å². The van der Waals surface area contributed by atoms with Crippen LogP contribution >= 0.6 is 0 Å². The van der Waals surface area contributed by atoms with Gasteiger partial charge in [0.2, 0.25) is 0 Å². The standard InChI is InChI=1S/C22H33FN4O2/c23-20-16-19(4-5-21(20)25-12-14-29-15-13-25)27(17-18-6-8-24-9-7-18)22(28)26-10-2-1-3-11-26/h4-5,16,18,24H,1-3,6-15,17H2. The molecule has 0 atom stereocenters. The average molecular weight is 405 g/mol. The van der Waals surface area contributed by atoms with Crippen LogP contribution in [0.5, 0.6) is 0 Å². The first-order chi connectivity index (χ1) is 14.2. The normalized spacial score (nSPS) is 21.3. The van der Waals surface area contributed by atoms with Gasteiger partial charge >= 0.3 is 6.03 Å². The van der Waals surface area contributed by atoms with Crippen LogP contribution in [0.1, 0.15) is 32.1 Å². The Morgan fingerprint density at radius 2 is 1.83 bits per heavy atom. The van der Waals surface area contributed by atoms with Gasteiger partial charge < -0.3 is 19.9 Å². The van der Waals surface area contributed by atoms with E-state index in [1.807, 2.05) is 26.8 Å². The van der Waals surface area contributed by atoms with Crippen molar-refractivity contribution in [2.24, 2.45) is 5.92 Å². The summed E-state index contributed by atoms with van der Waals surface area (Å²) in [6, 6.07) is 5.32. The van der Waals surface area contributed by atoms with Gasteiger partial charge in [0.05, 0.1) is 18.9 Å². The number of nitrogens with zero attached hydrogens (tertiary/aromatic N) is 3. The second-order valence-corrected chi connectivity index (χ2v) is 8.37. The van der Waals surface area contributed by atoms with Gasteiger partial charge in [-0.3, -0.25) is 4.90 Å². The van der Waals surface area contributed by atoms with Gasteiger partial charge in [-0.05, 0) is 69.3 Å². The van der Waals surface area contributed by atoms with Gasteiger partial charge in [0, 0.05) is 38.4 Å². The van der Waals surface area contributed by atoms with E-state index in [1.54, 1.807) is 6.07 Å². The molecule has 0 radical (unpaired) electrons. The van der Waals surface area contributed by atoms with Crippen molar-refractivity contribution in [3.8, 4) is 0 Å². The molecule has 0 saturated carbocycles. The number of anilines is 2. The molecule has 160 valence electrons. The molecule has 3 fully saturated rings. The van der Waals surface area contributed by atoms with Crippen LogP contribution in [-0.2, 0) is 4.74 Å². The molecule has 0 bridgehead atoms. The molecular formula is C22H33FN4O2. The summed E-state index contributed by atoms with van der Waals surface area (Å²) in [6.45, 7) is 6.87. The first-order valence-electron chi connectivity index (χ1n) is 11.1. The van der Waals surface area contributed by atoms with Crippen molar-refractivity contribution >= 4 is 17.4 Å². The van der Waals surface area contributed by atoms with Crippen LogP contribution in [-0.4, -0.2) is 70.0 Å². The molecule has 1 N–H and O–H groups in total. The largest absolute Gasteiger partial charge is 0.378 e. The molecule has 6 nitrogen and oxygen atoms in total. The Kier molecular flexibility index (Phi) is 6.87. The van der Waals surface area contributed by atoms with E-state index in [1.165, 1.54) is 6.42 Å². The number of likely N-dealkylation sites (tertiary alicyclic amines) is 1. The number of nitrogens with one attached hydrogen (secondary N) is 1. The number of hydrogen-bond donors (Lipinski definition) is 1. The molecule has 0 aliphatic carbocycles. The van der Waals surface area contributed by atoms with E-state index in [4.69, 9.17) is 4.74 Å². The van der Waals surface area contributed by atoms with Gasteiger partial charge in [0.25, 0.3) is 0 Å². The van der Waals surface area contributed by atoms with Gasteiger partial charge in [-0.2, -0.15) is 0 Å². The lowest BCUT2D eigenvalue weighted by Gasteiger charge is -2.36. The van der Waals surface area contributed by atoms with E-state index in [-0.39, 0.29) is 11.8 Å². The number of rotatable bonds is 4. The lowest BCUT2D eigenvalue weighted by molar-refractivity contribution is 0.122. The molecule has 2 amide bonds. The van der Waals surface area contributed by atoms with Crippen molar-refractivity contribution in [2.45, 2.75) is 32.1 Å². The summed E-state index contributed by atoms with van der Waals surface area (Å²) < 4.78 is 20.4. The predicted octanol–water partition coefficient (Wildman–Crippen LogP) is 3.07. The molecule has 3 heterocycles. The first kappa shape index (κ1) is 20.4. The van der Waals surface area contributed by atoms with E-state index in [9.17, 15) is 4.79 Å². The Hall–Kier alpha value is -1.86. The van der Waals surface area contributed by atoms with Crippen molar-refractivity contribution in [2.75, 3.05) is 68.8 Å². The second-order valence-electron chi connectivity index (χ2n) is 8.37. The van der Waals surface area contributed by atoms with Crippen LogP contribution in [0.3, 0.4) is 0 Å². The van der Waals surface area contributed by atoms with Crippen LogP contribution in [0.25, 0.3) is 0 Å². The Balaban J connectivity index is 1.55. The van der Waals surface area contributed by atoms with E-state index < -0.39 is 0 Å². The quantitative estimate of drug-likeness (QED) is 0.838.